The zero-order valence-electron chi connectivity index (χ0n) is 32.1. The molecule has 268 valence electrons. The Kier molecular flexibility index (Phi) is 11.5. The van der Waals surface area contributed by atoms with Gasteiger partial charge in [0.2, 0.25) is 0 Å². The molecule has 4 aromatic rings. The molecular weight excluding hydrogens is 625 g/mol. The molecule has 2 heterocycles. The van der Waals surface area contributed by atoms with Crippen molar-refractivity contribution in [1.82, 2.24) is 9.80 Å². The summed E-state index contributed by atoms with van der Waals surface area (Å²) in [5.41, 5.74) is 14.2. The topological polar surface area (TPSA) is 40.6 Å². The normalized spacial score (nSPS) is 15.8. The van der Waals surface area contributed by atoms with Gasteiger partial charge in [0.15, 0.2) is 0 Å². The molecule has 0 spiro atoms. The van der Waals surface area contributed by atoms with Crippen LogP contribution in [0.4, 0.5) is 0 Å². The highest BCUT2D eigenvalue weighted by Gasteiger charge is 2.29. The molecule has 0 aliphatic carbocycles. The van der Waals surface area contributed by atoms with Crippen molar-refractivity contribution in [3.63, 3.8) is 0 Å². The summed E-state index contributed by atoms with van der Waals surface area (Å²) in [4.78, 5) is 31.0. The Morgan fingerprint density at radius 3 is 1.14 bits per heavy atom. The molecule has 6 rings (SSSR count). The average Bonchev–Trinajstić information content (AvgIpc) is 3.15. The lowest BCUT2D eigenvalue weighted by Gasteiger charge is -2.36. The van der Waals surface area contributed by atoms with Crippen molar-refractivity contribution in [2.75, 3.05) is 26.2 Å². The molecule has 0 saturated carbocycles. The number of hydrogen-bond donors (Lipinski definition) is 0. The number of piperidine rings is 2. The van der Waals surface area contributed by atoms with Gasteiger partial charge >= 0.3 is 0 Å². The van der Waals surface area contributed by atoms with Gasteiger partial charge in [-0.2, -0.15) is 0 Å². The molecule has 0 atom stereocenters. The third-order valence-electron chi connectivity index (χ3n) is 12.5. The fourth-order valence-electron chi connectivity index (χ4n) is 8.50. The maximum Gasteiger partial charge on any atom is 0.253 e. The first-order chi connectivity index (χ1) is 24.5. The summed E-state index contributed by atoms with van der Waals surface area (Å²) in [5, 5.41) is 0. The highest BCUT2D eigenvalue weighted by atomic mass is 16.2. The first-order valence-electron chi connectivity index (χ1n) is 19.5. The fraction of sp³-hybridized carbons (Fsp3) is 0.447. The number of amides is 2. The lowest BCUT2D eigenvalue weighted by atomic mass is 9.79. The van der Waals surface area contributed by atoms with Crippen molar-refractivity contribution >= 4 is 11.8 Å². The predicted molar refractivity (Wildman–Crippen MR) is 212 cm³/mol. The van der Waals surface area contributed by atoms with Gasteiger partial charge in [-0.15, -0.1) is 0 Å². The lowest BCUT2D eigenvalue weighted by molar-refractivity contribution is 0.0660. The van der Waals surface area contributed by atoms with Crippen molar-refractivity contribution in [2.45, 2.75) is 93.4 Å². The number of rotatable bonds is 9. The van der Waals surface area contributed by atoms with Gasteiger partial charge < -0.3 is 9.80 Å². The minimum atomic E-state index is 0.164. The Bertz CT molecular complexity index is 1660. The van der Waals surface area contributed by atoms with Crippen molar-refractivity contribution in [1.29, 1.82) is 0 Å². The van der Waals surface area contributed by atoms with Gasteiger partial charge in [0.05, 0.1) is 0 Å². The summed E-state index contributed by atoms with van der Waals surface area (Å²) >= 11 is 0. The third-order valence-corrected chi connectivity index (χ3v) is 12.5. The monoisotopic (exact) mass is 682 g/mol. The molecule has 0 aromatic heterocycles. The molecule has 0 N–H and O–H groups in total. The van der Waals surface area contributed by atoms with E-state index in [1.165, 1.54) is 63.8 Å². The second-order valence-corrected chi connectivity index (χ2v) is 15.8. The van der Waals surface area contributed by atoms with E-state index in [-0.39, 0.29) is 11.8 Å². The Hall–Kier alpha value is -4.18. The number of benzene rings is 4. The molecule has 51 heavy (non-hydrogen) atoms. The van der Waals surface area contributed by atoms with E-state index in [9.17, 15) is 9.59 Å². The van der Waals surface area contributed by atoms with Crippen LogP contribution in [0.2, 0.25) is 0 Å². The van der Waals surface area contributed by atoms with E-state index >= 15 is 0 Å². The van der Waals surface area contributed by atoms with Gasteiger partial charge in [-0.1, -0.05) is 61.9 Å². The molecular formula is C47H58N2O2. The molecule has 0 bridgehead atoms. The minimum absolute atomic E-state index is 0.164. The minimum Gasteiger partial charge on any atom is -0.339 e. The zero-order valence-corrected chi connectivity index (χ0v) is 32.1. The maximum absolute atomic E-state index is 13.4. The number of likely N-dealkylation sites (tertiary alicyclic amines) is 2. The van der Waals surface area contributed by atoms with Crippen LogP contribution in [0.25, 0.3) is 22.3 Å². The van der Waals surface area contributed by atoms with Gasteiger partial charge in [0.1, 0.15) is 0 Å². The summed E-state index contributed by atoms with van der Waals surface area (Å²) in [6.07, 6.45) is 8.10. The first-order valence-corrected chi connectivity index (χ1v) is 19.5. The van der Waals surface area contributed by atoms with Gasteiger partial charge in [-0.25, -0.2) is 0 Å². The van der Waals surface area contributed by atoms with Crippen LogP contribution in [0.15, 0.2) is 72.8 Å². The molecule has 4 aromatic carbocycles. The first kappa shape index (κ1) is 36.6. The van der Waals surface area contributed by atoms with Crippen LogP contribution < -0.4 is 0 Å². The van der Waals surface area contributed by atoms with Crippen molar-refractivity contribution in [3.05, 3.63) is 117 Å². The van der Waals surface area contributed by atoms with Gasteiger partial charge in [0, 0.05) is 37.3 Å². The summed E-state index contributed by atoms with van der Waals surface area (Å²) in [5.74, 6) is 2.42. The van der Waals surface area contributed by atoms with Gasteiger partial charge in [-0.05, 0) is 178 Å². The van der Waals surface area contributed by atoms with E-state index in [0.717, 1.165) is 74.1 Å². The Morgan fingerprint density at radius 1 is 0.529 bits per heavy atom. The smallest absolute Gasteiger partial charge is 0.253 e. The van der Waals surface area contributed by atoms with Crippen LogP contribution in [0.1, 0.15) is 106 Å². The number of nitrogens with zero attached hydrogens (tertiary/aromatic N) is 2. The second-order valence-electron chi connectivity index (χ2n) is 15.8. The van der Waals surface area contributed by atoms with E-state index in [1.54, 1.807) is 0 Å². The number of aryl methyl sites for hydroxylation is 4. The molecule has 2 amide bonds. The van der Waals surface area contributed by atoms with Gasteiger partial charge in [0.25, 0.3) is 11.8 Å². The number of carbonyl (C=O) groups excluding carboxylic acids is 2. The maximum atomic E-state index is 13.4. The summed E-state index contributed by atoms with van der Waals surface area (Å²) < 4.78 is 0. The quantitative estimate of drug-likeness (QED) is 0.176. The second kappa shape index (κ2) is 16.0. The highest BCUT2D eigenvalue weighted by molar-refractivity contribution is 5.95. The number of hydrogen-bond acceptors (Lipinski definition) is 2. The van der Waals surface area contributed by atoms with Crippen molar-refractivity contribution in [2.24, 2.45) is 17.8 Å². The van der Waals surface area contributed by atoms with Crippen LogP contribution in [0.5, 0.6) is 0 Å². The predicted octanol–water partition coefficient (Wildman–Crippen LogP) is 11.1. The van der Waals surface area contributed by atoms with E-state index in [1.807, 2.05) is 24.3 Å². The molecule has 4 heteroatoms. The van der Waals surface area contributed by atoms with Crippen molar-refractivity contribution in [3.8, 4) is 22.3 Å². The third kappa shape index (κ3) is 8.49. The average molecular weight is 683 g/mol. The summed E-state index contributed by atoms with van der Waals surface area (Å²) in [6.45, 7) is 18.7. The Labute approximate surface area is 307 Å². The van der Waals surface area contributed by atoms with Crippen LogP contribution in [0.3, 0.4) is 0 Å². The molecule has 0 unspecified atom stereocenters. The largest absolute Gasteiger partial charge is 0.339 e. The molecule has 2 saturated heterocycles. The Morgan fingerprint density at radius 2 is 0.843 bits per heavy atom. The van der Waals surface area contributed by atoms with E-state index in [4.69, 9.17) is 0 Å². The lowest BCUT2D eigenvalue weighted by Crippen LogP contribution is -2.39. The van der Waals surface area contributed by atoms with Crippen LogP contribution in [-0.4, -0.2) is 47.8 Å². The van der Waals surface area contributed by atoms with E-state index < -0.39 is 0 Å². The molecule has 2 aliphatic rings. The van der Waals surface area contributed by atoms with E-state index in [2.05, 4.69) is 107 Å². The Balaban J connectivity index is 0.944. The SMILES string of the molecule is CCC(CC1CCN(C(=O)c2ccc(-c3cc(C)c(C)c(C)c3)cc2)CC1)CC1CCN(C(=O)c2ccc(-c3cc(C)c(C)c(C)c3)cc2)CC1. The molecule has 2 fully saturated rings. The van der Waals surface area contributed by atoms with Crippen LogP contribution in [0, 0.1) is 59.3 Å². The summed E-state index contributed by atoms with van der Waals surface area (Å²) in [7, 11) is 0. The van der Waals surface area contributed by atoms with E-state index in [0.29, 0.717) is 17.8 Å². The fourth-order valence-corrected chi connectivity index (χ4v) is 8.50. The van der Waals surface area contributed by atoms with Gasteiger partial charge in [-0.3, -0.25) is 9.59 Å². The zero-order chi connectivity index (χ0) is 36.2. The molecule has 4 nitrogen and oxygen atoms in total. The van der Waals surface area contributed by atoms with Crippen molar-refractivity contribution < 1.29 is 9.59 Å². The number of carbonyl (C=O) groups is 2. The van der Waals surface area contributed by atoms with Crippen LogP contribution in [-0.2, 0) is 0 Å². The highest BCUT2D eigenvalue weighted by Crippen LogP contribution is 2.34. The van der Waals surface area contributed by atoms with Crippen LogP contribution >= 0.6 is 0 Å². The summed E-state index contributed by atoms with van der Waals surface area (Å²) in [6, 6.07) is 25.4. The molecule has 2 aliphatic heterocycles. The molecule has 0 radical (unpaired) electrons. The standard InChI is InChI=1S/C47H58N2O2/c1-8-37(29-38-17-21-48(22-18-38)46(50)42-13-9-40(10-14-42)44-25-31(2)35(6)32(3)26-44)30-39-19-23-49(24-20-39)47(51)43-15-11-41(12-16-43)45-27-33(4)36(7)34(5)28-45/h9-16,25-28,37-39H,8,17-24,29-30H2,1-7H3.